The SMILES string of the molecule is COCCNC(=O)[C@@H]1C[C@@H]2CCCC[C@@H]2N1c1cc(CN)nc(C)n1.Cl.Cl. The third kappa shape index (κ3) is 5.44. The maximum absolute atomic E-state index is 12.8. The Morgan fingerprint density at radius 2 is 2.07 bits per heavy atom. The summed E-state index contributed by atoms with van der Waals surface area (Å²) in [5.74, 6) is 2.17. The monoisotopic (exact) mass is 419 g/mol. The average Bonchev–Trinajstić information content (AvgIpc) is 3.01. The molecule has 1 saturated carbocycles. The lowest BCUT2D eigenvalue weighted by atomic mass is 9.84. The molecule has 1 amide bonds. The predicted octanol–water partition coefficient (Wildman–Crippen LogP) is 1.99. The summed E-state index contributed by atoms with van der Waals surface area (Å²) in [6, 6.07) is 2.15. The molecule has 2 heterocycles. The van der Waals surface area contributed by atoms with Crippen molar-refractivity contribution in [2.75, 3.05) is 25.2 Å². The van der Waals surface area contributed by atoms with Crippen molar-refractivity contribution in [3.05, 3.63) is 17.6 Å². The minimum atomic E-state index is -0.176. The van der Waals surface area contributed by atoms with E-state index in [0.717, 1.165) is 24.4 Å². The number of aromatic nitrogens is 2. The molecular weight excluding hydrogens is 389 g/mol. The van der Waals surface area contributed by atoms with Gasteiger partial charge in [-0.2, -0.15) is 0 Å². The zero-order valence-corrected chi connectivity index (χ0v) is 17.7. The van der Waals surface area contributed by atoms with Crippen LogP contribution in [0.2, 0.25) is 0 Å². The van der Waals surface area contributed by atoms with E-state index in [1.807, 2.05) is 13.0 Å². The number of nitrogens with two attached hydrogens (primary N) is 1. The summed E-state index contributed by atoms with van der Waals surface area (Å²) in [5, 5.41) is 3.00. The second-order valence-corrected chi connectivity index (χ2v) is 7.02. The Labute approximate surface area is 173 Å². The zero-order valence-electron chi connectivity index (χ0n) is 16.0. The molecule has 1 aliphatic carbocycles. The standard InChI is InChI=1S/C18H29N5O2.2ClH/c1-12-21-14(11-19)10-17(22-12)23-15-6-4-3-5-13(15)9-16(23)18(24)20-7-8-25-2;;/h10,13,15-16H,3-9,11,19H2,1-2H3,(H,20,24);2*1H/t13-,15-,16-;;/m0../s1. The summed E-state index contributed by atoms with van der Waals surface area (Å²) in [4.78, 5) is 24.1. The van der Waals surface area contributed by atoms with Crippen molar-refractivity contribution in [3.8, 4) is 0 Å². The molecule has 3 N–H and O–H groups in total. The minimum absolute atomic E-state index is 0. The van der Waals surface area contributed by atoms with Gasteiger partial charge in [0.1, 0.15) is 17.7 Å². The number of amides is 1. The van der Waals surface area contributed by atoms with Gasteiger partial charge in [0.05, 0.1) is 12.3 Å². The number of ether oxygens (including phenoxy) is 1. The molecule has 3 rings (SSSR count). The number of nitrogens with zero attached hydrogens (tertiary/aromatic N) is 3. The Morgan fingerprint density at radius 1 is 1.33 bits per heavy atom. The van der Waals surface area contributed by atoms with Gasteiger partial charge in [-0.1, -0.05) is 12.8 Å². The number of hydrogen-bond acceptors (Lipinski definition) is 6. The molecule has 1 saturated heterocycles. The van der Waals surface area contributed by atoms with Gasteiger partial charge in [-0.3, -0.25) is 4.79 Å². The number of rotatable bonds is 6. The van der Waals surface area contributed by atoms with Crippen LogP contribution in [0.25, 0.3) is 0 Å². The molecule has 2 fully saturated rings. The van der Waals surface area contributed by atoms with Crippen LogP contribution < -0.4 is 16.0 Å². The highest BCUT2D eigenvalue weighted by Gasteiger charge is 2.45. The van der Waals surface area contributed by atoms with Crippen LogP contribution in [0.5, 0.6) is 0 Å². The summed E-state index contributed by atoms with van der Waals surface area (Å²) < 4.78 is 5.04. The second-order valence-electron chi connectivity index (χ2n) is 7.02. The largest absolute Gasteiger partial charge is 0.383 e. The first-order valence-electron chi connectivity index (χ1n) is 9.23. The van der Waals surface area contributed by atoms with E-state index in [2.05, 4.69) is 20.2 Å². The van der Waals surface area contributed by atoms with Crippen molar-refractivity contribution in [3.63, 3.8) is 0 Å². The van der Waals surface area contributed by atoms with Crippen molar-refractivity contribution < 1.29 is 9.53 Å². The number of carbonyl (C=O) groups excluding carboxylic acids is 1. The van der Waals surface area contributed by atoms with Crippen LogP contribution in [0.3, 0.4) is 0 Å². The molecule has 2 aliphatic rings. The molecule has 27 heavy (non-hydrogen) atoms. The van der Waals surface area contributed by atoms with Gasteiger partial charge in [0.25, 0.3) is 0 Å². The fourth-order valence-electron chi connectivity index (χ4n) is 4.27. The van der Waals surface area contributed by atoms with Gasteiger partial charge >= 0.3 is 0 Å². The molecule has 1 aromatic rings. The van der Waals surface area contributed by atoms with Crippen molar-refractivity contribution in [2.45, 2.75) is 57.7 Å². The van der Waals surface area contributed by atoms with Crippen LogP contribution in [-0.4, -0.2) is 48.2 Å². The maximum atomic E-state index is 12.8. The van der Waals surface area contributed by atoms with Crippen LogP contribution in [0.1, 0.15) is 43.6 Å². The van der Waals surface area contributed by atoms with Gasteiger partial charge in [0.2, 0.25) is 5.91 Å². The lowest BCUT2D eigenvalue weighted by Crippen LogP contribution is -2.48. The summed E-state index contributed by atoms with van der Waals surface area (Å²) in [6.45, 7) is 3.31. The van der Waals surface area contributed by atoms with E-state index in [1.165, 1.54) is 19.3 Å². The lowest BCUT2D eigenvalue weighted by molar-refractivity contribution is -0.122. The summed E-state index contributed by atoms with van der Waals surface area (Å²) in [6.07, 6.45) is 5.67. The van der Waals surface area contributed by atoms with E-state index in [0.29, 0.717) is 37.5 Å². The van der Waals surface area contributed by atoms with E-state index < -0.39 is 0 Å². The van der Waals surface area contributed by atoms with Gasteiger partial charge in [0, 0.05) is 32.3 Å². The number of hydrogen-bond donors (Lipinski definition) is 2. The zero-order chi connectivity index (χ0) is 17.8. The molecule has 0 radical (unpaired) electrons. The van der Waals surface area contributed by atoms with Crippen LogP contribution in [0, 0.1) is 12.8 Å². The highest BCUT2D eigenvalue weighted by Crippen LogP contribution is 2.41. The summed E-state index contributed by atoms with van der Waals surface area (Å²) >= 11 is 0. The van der Waals surface area contributed by atoms with E-state index in [1.54, 1.807) is 7.11 Å². The van der Waals surface area contributed by atoms with Crippen LogP contribution in [0.15, 0.2) is 6.07 Å². The molecule has 7 nitrogen and oxygen atoms in total. The van der Waals surface area contributed by atoms with Crippen LogP contribution in [0.4, 0.5) is 5.82 Å². The Kier molecular flexibility index (Phi) is 9.73. The quantitative estimate of drug-likeness (QED) is 0.684. The third-order valence-electron chi connectivity index (χ3n) is 5.35. The number of methoxy groups -OCH3 is 1. The van der Waals surface area contributed by atoms with E-state index in [-0.39, 0.29) is 36.8 Å². The molecule has 3 atom stereocenters. The van der Waals surface area contributed by atoms with Gasteiger partial charge in [-0.05, 0) is 32.1 Å². The van der Waals surface area contributed by atoms with E-state index in [4.69, 9.17) is 10.5 Å². The number of halogens is 2. The molecule has 9 heteroatoms. The van der Waals surface area contributed by atoms with Crippen molar-refractivity contribution in [1.82, 2.24) is 15.3 Å². The highest BCUT2D eigenvalue weighted by atomic mass is 35.5. The Balaban J connectivity index is 0.00000182. The fourth-order valence-corrected chi connectivity index (χ4v) is 4.27. The van der Waals surface area contributed by atoms with Gasteiger partial charge < -0.3 is 20.7 Å². The highest BCUT2D eigenvalue weighted by molar-refractivity contribution is 5.86. The smallest absolute Gasteiger partial charge is 0.242 e. The Morgan fingerprint density at radius 3 is 2.78 bits per heavy atom. The topological polar surface area (TPSA) is 93.4 Å². The number of nitrogens with one attached hydrogen (secondary N) is 1. The molecule has 0 unspecified atom stereocenters. The van der Waals surface area contributed by atoms with Crippen molar-refractivity contribution in [2.24, 2.45) is 11.7 Å². The number of anilines is 1. The number of aryl methyl sites for hydroxylation is 1. The molecule has 1 aromatic heterocycles. The maximum Gasteiger partial charge on any atom is 0.242 e. The first kappa shape index (κ1) is 23.9. The van der Waals surface area contributed by atoms with E-state index in [9.17, 15) is 4.79 Å². The molecule has 1 aliphatic heterocycles. The number of carbonyl (C=O) groups is 1. The first-order chi connectivity index (χ1) is 12.1. The van der Waals surface area contributed by atoms with Crippen molar-refractivity contribution >= 4 is 36.5 Å². The fraction of sp³-hybridized carbons (Fsp3) is 0.722. The van der Waals surface area contributed by atoms with Gasteiger partial charge in [-0.15, -0.1) is 24.8 Å². The van der Waals surface area contributed by atoms with E-state index >= 15 is 0 Å². The average molecular weight is 420 g/mol. The minimum Gasteiger partial charge on any atom is -0.383 e. The molecule has 0 spiro atoms. The third-order valence-corrected chi connectivity index (χ3v) is 5.35. The summed E-state index contributed by atoms with van der Waals surface area (Å²) in [5.41, 5.74) is 6.61. The van der Waals surface area contributed by atoms with Crippen LogP contribution >= 0.6 is 24.8 Å². The van der Waals surface area contributed by atoms with Crippen LogP contribution in [-0.2, 0) is 16.1 Å². The second kappa shape index (κ2) is 11.0. The Hall–Kier alpha value is -1.15. The predicted molar refractivity (Wildman–Crippen MR) is 111 cm³/mol. The Bertz CT molecular complexity index is 619. The van der Waals surface area contributed by atoms with Gasteiger partial charge in [-0.25, -0.2) is 9.97 Å². The number of fused-ring (bicyclic) bond motifs is 1. The normalized spacial score (nSPS) is 23.8. The molecular formula is C18H31Cl2N5O2. The van der Waals surface area contributed by atoms with Crippen molar-refractivity contribution in [1.29, 1.82) is 0 Å². The first-order valence-corrected chi connectivity index (χ1v) is 9.23. The molecule has 154 valence electrons. The summed E-state index contributed by atoms with van der Waals surface area (Å²) in [7, 11) is 1.64. The van der Waals surface area contributed by atoms with Gasteiger partial charge in [0.15, 0.2) is 0 Å². The molecule has 0 bridgehead atoms. The lowest BCUT2D eigenvalue weighted by Gasteiger charge is -2.34. The molecule has 0 aromatic carbocycles.